The van der Waals surface area contributed by atoms with Gasteiger partial charge in [-0.05, 0) is 68.5 Å². The van der Waals surface area contributed by atoms with Crippen molar-refractivity contribution >= 4 is 41.5 Å². The monoisotopic (exact) mass is 568 g/mol. The molecule has 7 atom stereocenters. The van der Waals surface area contributed by atoms with Gasteiger partial charge in [0.05, 0.1) is 41.4 Å². The van der Waals surface area contributed by atoms with Gasteiger partial charge in [0.15, 0.2) is 0 Å². The number of hydrogen-bond donors (Lipinski definition) is 2. The summed E-state index contributed by atoms with van der Waals surface area (Å²) in [6, 6.07) is 1.99. The maximum Gasteiger partial charge on any atom is 0.309 e. The fourth-order valence-electron chi connectivity index (χ4n) is 5.32. The molecule has 3 rings (SSSR count). The van der Waals surface area contributed by atoms with Crippen LogP contribution in [0.2, 0.25) is 0 Å². The van der Waals surface area contributed by atoms with Crippen molar-refractivity contribution in [1.82, 2.24) is 9.19 Å². The molecule has 0 aliphatic carbocycles. The summed E-state index contributed by atoms with van der Waals surface area (Å²) in [6.07, 6.45) is 5.82. The van der Waals surface area contributed by atoms with E-state index in [9.17, 15) is 19.8 Å². The van der Waals surface area contributed by atoms with Crippen LogP contribution in [0.5, 0.6) is 0 Å². The van der Waals surface area contributed by atoms with Crippen LogP contribution in [0.15, 0.2) is 16.7 Å². The molecule has 2 saturated heterocycles. The van der Waals surface area contributed by atoms with E-state index in [-0.39, 0.29) is 29.8 Å². The molecule has 38 heavy (non-hydrogen) atoms. The van der Waals surface area contributed by atoms with Crippen molar-refractivity contribution in [3.8, 4) is 0 Å². The number of aliphatic hydroxyl groups excluding tert-OH is 2. The van der Waals surface area contributed by atoms with Crippen molar-refractivity contribution in [1.29, 1.82) is 0 Å². The van der Waals surface area contributed by atoms with Gasteiger partial charge in [-0.15, -0.1) is 11.8 Å². The molecule has 10 heteroatoms. The van der Waals surface area contributed by atoms with Gasteiger partial charge < -0.3 is 19.7 Å². The molecule has 0 bridgehead atoms. The van der Waals surface area contributed by atoms with E-state index in [0.717, 1.165) is 35.6 Å². The molecule has 1 aromatic rings. The van der Waals surface area contributed by atoms with E-state index < -0.39 is 35.6 Å². The predicted octanol–water partition coefficient (Wildman–Crippen LogP) is 4.76. The van der Waals surface area contributed by atoms with E-state index in [0.29, 0.717) is 6.42 Å². The zero-order chi connectivity index (χ0) is 28.4. The summed E-state index contributed by atoms with van der Waals surface area (Å²) < 4.78 is 13.9. The van der Waals surface area contributed by atoms with Gasteiger partial charge in [-0.25, -0.2) is 4.09 Å². The molecular formula is C28H44N2O6S2. The van der Waals surface area contributed by atoms with Crippen molar-refractivity contribution in [3.05, 3.63) is 17.3 Å². The third-order valence-corrected chi connectivity index (χ3v) is 9.79. The molecule has 214 valence electrons. The summed E-state index contributed by atoms with van der Waals surface area (Å²) in [4.78, 5) is 26.3. The van der Waals surface area contributed by atoms with Crippen LogP contribution in [0.4, 0.5) is 0 Å². The number of aliphatic hydroxyl groups is 2. The van der Waals surface area contributed by atoms with E-state index >= 15 is 0 Å². The van der Waals surface area contributed by atoms with Gasteiger partial charge in [0, 0.05) is 18.6 Å². The number of ketones is 1. The third-order valence-electron chi connectivity index (χ3n) is 8.34. The van der Waals surface area contributed by atoms with Gasteiger partial charge >= 0.3 is 5.97 Å². The molecule has 1 aromatic heterocycles. The number of epoxide rings is 1. The number of rotatable bonds is 4. The second-order valence-electron chi connectivity index (χ2n) is 11.6. The topological polar surface area (TPSA) is 114 Å². The molecule has 2 N–H and O–H groups in total. The van der Waals surface area contributed by atoms with Crippen molar-refractivity contribution in [2.24, 2.45) is 17.3 Å². The Balaban J connectivity index is 1.88. The van der Waals surface area contributed by atoms with E-state index in [1.54, 1.807) is 32.5 Å². The van der Waals surface area contributed by atoms with Crippen molar-refractivity contribution in [2.75, 3.05) is 12.5 Å². The average molecular weight is 569 g/mol. The summed E-state index contributed by atoms with van der Waals surface area (Å²) >= 11 is 3.12. The summed E-state index contributed by atoms with van der Waals surface area (Å²) in [6.45, 7) is 10.9. The normalized spacial score (nSPS) is 35.5. The second kappa shape index (κ2) is 12.5. The zero-order valence-corrected chi connectivity index (χ0v) is 25.5. The van der Waals surface area contributed by atoms with Crippen molar-refractivity contribution in [3.63, 3.8) is 0 Å². The number of fused-ring (bicyclic) bond motifs is 1. The third kappa shape index (κ3) is 7.05. The Bertz CT molecular complexity index is 1020. The summed E-state index contributed by atoms with van der Waals surface area (Å²) in [7, 11) is 0. The summed E-state index contributed by atoms with van der Waals surface area (Å²) in [5.41, 5.74) is 0.0819. The lowest BCUT2D eigenvalue weighted by molar-refractivity contribution is -0.154. The van der Waals surface area contributed by atoms with Crippen LogP contribution in [0.3, 0.4) is 0 Å². The van der Waals surface area contributed by atoms with E-state index in [1.807, 2.05) is 42.6 Å². The van der Waals surface area contributed by atoms with Gasteiger partial charge in [-0.1, -0.05) is 34.1 Å². The van der Waals surface area contributed by atoms with Crippen LogP contribution in [0.25, 0.3) is 6.08 Å². The Hall–Kier alpha value is -1.33. The van der Waals surface area contributed by atoms with Gasteiger partial charge in [0.2, 0.25) is 0 Å². The molecule has 0 radical (unpaired) electrons. The summed E-state index contributed by atoms with van der Waals surface area (Å²) in [5.74, 6) is -1.58. The maximum atomic E-state index is 13.3. The minimum Gasteiger partial charge on any atom is -0.458 e. The molecule has 0 saturated carbocycles. The minimum atomic E-state index is -1.24. The number of cyclic esters (lactones) is 1. The lowest BCUT2D eigenvalue weighted by atomic mass is 9.73. The van der Waals surface area contributed by atoms with Crippen LogP contribution in [-0.2, 0) is 19.1 Å². The highest BCUT2D eigenvalue weighted by atomic mass is 32.2. The van der Waals surface area contributed by atoms with Gasteiger partial charge in [0.25, 0.3) is 0 Å². The van der Waals surface area contributed by atoms with E-state index in [4.69, 9.17) is 9.47 Å². The quantitative estimate of drug-likeness (QED) is 0.301. The number of esters is 1. The maximum absolute atomic E-state index is 13.3. The SMILES string of the molecule is CSc1cc(/C=C(\C)[C@@H]2C[C@@H]3O[C@]3(C)CCC[C@H](C)[C@H](O)[C@@H](C)C(=O)C(C)(C)[C@@H](O)CC(=O)O2)nn1SC. The largest absolute Gasteiger partial charge is 0.458 e. The number of carbonyl (C=O) groups excluding carboxylic acids is 2. The Morgan fingerprint density at radius 1 is 1.21 bits per heavy atom. The molecule has 8 nitrogen and oxygen atoms in total. The zero-order valence-electron chi connectivity index (χ0n) is 23.9. The van der Waals surface area contributed by atoms with Crippen LogP contribution in [0.1, 0.15) is 79.3 Å². The van der Waals surface area contributed by atoms with Crippen LogP contribution < -0.4 is 0 Å². The fourth-order valence-corrected chi connectivity index (χ4v) is 6.61. The number of Topliss-reactive ketones (excluding diaryl/α,β-unsaturated/α-hetero) is 1. The smallest absolute Gasteiger partial charge is 0.309 e. The Kier molecular flexibility index (Phi) is 10.2. The first-order chi connectivity index (χ1) is 17.7. The predicted molar refractivity (Wildman–Crippen MR) is 152 cm³/mol. The van der Waals surface area contributed by atoms with Gasteiger partial charge in [0.1, 0.15) is 16.9 Å². The molecule has 0 spiro atoms. The fraction of sp³-hybridized carbons (Fsp3) is 0.750. The van der Waals surface area contributed by atoms with Gasteiger partial charge in [-0.3, -0.25) is 9.59 Å². The first kappa shape index (κ1) is 31.2. The molecule has 0 aromatic carbocycles. The highest BCUT2D eigenvalue weighted by Gasteiger charge is 2.53. The molecule has 0 amide bonds. The standard InChI is InChI=1S/C28H44N2O6S2/c1-16-10-9-11-28(6)22(36-28)14-20(17(2)12-19-13-23(37-7)30(29-19)38-8)35-24(32)15-21(31)27(4,5)26(34)18(3)25(16)33/h12-13,16,18,20-22,25,31,33H,9-11,14-15H2,1-8H3/b17-12+/t16-,18+,20-,21-,22-,25-,28+/m0/s1. The number of hydrogen-bond acceptors (Lipinski definition) is 9. The van der Waals surface area contributed by atoms with Crippen molar-refractivity contribution < 1.29 is 29.3 Å². The highest BCUT2D eigenvalue weighted by molar-refractivity contribution is 8.00. The second-order valence-corrected chi connectivity index (χ2v) is 13.2. The molecule has 0 unspecified atom stereocenters. The number of nitrogens with zero attached hydrogens (tertiary/aromatic N) is 2. The van der Waals surface area contributed by atoms with Crippen LogP contribution in [0, 0.1) is 17.3 Å². The van der Waals surface area contributed by atoms with E-state index in [1.165, 1.54) is 11.9 Å². The molecule has 3 heterocycles. The van der Waals surface area contributed by atoms with Crippen LogP contribution in [-0.4, -0.2) is 73.7 Å². The number of carbonyl (C=O) groups is 2. The van der Waals surface area contributed by atoms with E-state index in [2.05, 4.69) is 12.0 Å². The average Bonchev–Trinajstić information content (AvgIpc) is 3.31. The van der Waals surface area contributed by atoms with Crippen molar-refractivity contribution in [2.45, 2.75) is 109 Å². The first-order valence-corrected chi connectivity index (χ1v) is 15.8. The molecule has 2 aliphatic rings. The van der Waals surface area contributed by atoms with Gasteiger partial charge in [-0.2, -0.15) is 5.10 Å². The number of aromatic nitrogens is 2. The lowest BCUT2D eigenvalue weighted by Crippen LogP contribution is -2.45. The number of ether oxygens (including phenoxy) is 2. The van der Waals surface area contributed by atoms with Crippen LogP contribution >= 0.6 is 23.7 Å². The summed E-state index contributed by atoms with van der Waals surface area (Å²) in [5, 5.41) is 27.4. The Labute approximate surface area is 235 Å². The minimum absolute atomic E-state index is 0.0656. The highest BCUT2D eigenvalue weighted by Crippen LogP contribution is 2.45. The molecule has 2 fully saturated rings. The Morgan fingerprint density at radius 2 is 1.89 bits per heavy atom. The Morgan fingerprint density at radius 3 is 2.50 bits per heavy atom. The molecule has 2 aliphatic heterocycles. The first-order valence-electron chi connectivity index (χ1n) is 13.4. The number of thioether (sulfide) groups is 1. The molecular weight excluding hydrogens is 524 g/mol. The lowest BCUT2D eigenvalue weighted by Gasteiger charge is -2.34.